The van der Waals surface area contributed by atoms with Crippen LogP contribution in [-0.4, -0.2) is 20.0 Å². The smallest absolute Gasteiger partial charge is 0.271 e. The minimum absolute atomic E-state index is 0.0390. The average molecular weight is 518 g/mol. The maximum Gasteiger partial charge on any atom is 0.271 e. The molecule has 0 radical (unpaired) electrons. The van der Waals surface area contributed by atoms with Gasteiger partial charge in [0.2, 0.25) is 0 Å². The molecule has 2 N–H and O–H groups in total. The molecule has 36 heavy (non-hydrogen) atoms. The van der Waals surface area contributed by atoms with Crippen molar-refractivity contribution in [2.24, 2.45) is 5.10 Å². The van der Waals surface area contributed by atoms with Crippen LogP contribution in [0.15, 0.2) is 119 Å². The number of carbonyl (C=O) groups excluding carboxylic acids is 1. The molecule has 4 rings (SSSR count). The molecule has 4 aromatic carbocycles. The number of benzene rings is 4. The summed E-state index contributed by atoms with van der Waals surface area (Å²) in [4.78, 5) is 12.8. The minimum Gasteiger partial charge on any atom is -0.280 e. The second kappa shape index (κ2) is 11.7. The van der Waals surface area contributed by atoms with Gasteiger partial charge in [0, 0.05) is 34.8 Å². The van der Waals surface area contributed by atoms with Crippen molar-refractivity contribution in [1.82, 2.24) is 5.43 Å². The van der Waals surface area contributed by atoms with Gasteiger partial charge >= 0.3 is 0 Å². The molecule has 0 aliphatic heterocycles. The lowest BCUT2D eigenvalue weighted by Crippen LogP contribution is -2.22. The number of hydrazone groups is 1. The Morgan fingerprint density at radius 2 is 1.33 bits per heavy atom. The maximum absolute atomic E-state index is 12.9. The van der Waals surface area contributed by atoms with Crippen molar-refractivity contribution in [1.29, 1.82) is 0 Å². The van der Waals surface area contributed by atoms with E-state index in [1.165, 1.54) is 18.2 Å². The molecule has 6 nitrogen and oxygen atoms in total. The van der Waals surface area contributed by atoms with Crippen LogP contribution in [0.3, 0.4) is 0 Å². The summed E-state index contributed by atoms with van der Waals surface area (Å²) in [5.41, 5.74) is 6.05. The molecule has 0 atom stereocenters. The molecule has 0 saturated carbocycles. The summed E-state index contributed by atoms with van der Waals surface area (Å²) in [6, 6.07) is 31.8. The Hall–Kier alpha value is -3.94. The molecule has 182 valence electrons. The van der Waals surface area contributed by atoms with Gasteiger partial charge in [0.25, 0.3) is 15.9 Å². The Morgan fingerprint density at radius 3 is 1.92 bits per heavy atom. The number of amides is 1. The summed E-state index contributed by atoms with van der Waals surface area (Å²) in [6.45, 7) is 0. The normalized spacial score (nSPS) is 10.9. The van der Waals surface area contributed by atoms with Crippen LogP contribution in [0.5, 0.6) is 0 Å². The first kappa shape index (κ1) is 25.2. The Bertz CT molecular complexity index is 1410. The molecular formula is C28H24ClN3O3S. The molecule has 0 heterocycles. The van der Waals surface area contributed by atoms with Crippen LogP contribution < -0.4 is 10.1 Å². The zero-order valence-corrected chi connectivity index (χ0v) is 20.8. The number of nitrogens with one attached hydrogen (secondary N) is 2. The van der Waals surface area contributed by atoms with Gasteiger partial charge in [-0.25, -0.2) is 13.8 Å². The molecule has 0 unspecified atom stereocenters. The van der Waals surface area contributed by atoms with Crippen molar-refractivity contribution in [3.05, 3.63) is 131 Å². The molecule has 0 fully saturated rings. The van der Waals surface area contributed by atoms with E-state index in [0.717, 1.165) is 16.8 Å². The fourth-order valence-corrected chi connectivity index (χ4v) is 4.77. The van der Waals surface area contributed by atoms with Crippen LogP contribution in [0.2, 0.25) is 5.02 Å². The highest BCUT2D eigenvalue weighted by Crippen LogP contribution is 2.19. The molecule has 0 saturated heterocycles. The molecule has 0 spiro atoms. The van der Waals surface area contributed by atoms with Crippen molar-refractivity contribution in [3.8, 4) is 0 Å². The van der Waals surface area contributed by atoms with E-state index in [9.17, 15) is 13.2 Å². The predicted molar refractivity (Wildman–Crippen MR) is 144 cm³/mol. The highest BCUT2D eigenvalue weighted by molar-refractivity contribution is 7.92. The number of carbonyl (C=O) groups is 1. The van der Waals surface area contributed by atoms with Crippen LogP contribution in [0, 0.1) is 0 Å². The molecule has 8 heteroatoms. The Labute approximate surface area is 215 Å². The van der Waals surface area contributed by atoms with Crippen molar-refractivity contribution < 1.29 is 13.2 Å². The molecular weight excluding hydrogens is 494 g/mol. The number of anilines is 1. The van der Waals surface area contributed by atoms with Gasteiger partial charge in [-0.05, 0) is 53.6 Å². The maximum atomic E-state index is 12.9. The standard InChI is InChI=1S/C28H24ClN3O3S/c29-24-14-16-25(17-15-24)32-36(34,35)27-13-7-12-23(20-27)28(33)31-30-26(18-21-8-3-1-4-9-21)19-22-10-5-2-6-11-22/h1-17,20,32H,18-19H2,(H,31,33). The quantitative estimate of drug-likeness (QED) is 0.220. The van der Waals surface area contributed by atoms with E-state index in [2.05, 4.69) is 15.2 Å². The number of sulfonamides is 1. The van der Waals surface area contributed by atoms with E-state index in [0.29, 0.717) is 23.6 Å². The second-order valence-electron chi connectivity index (χ2n) is 8.08. The van der Waals surface area contributed by atoms with Crippen LogP contribution in [0.4, 0.5) is 5.69 Å². The molecule has 0 aromatic heterocycles. The van der Waals surface area contributed by atoms with Crippen molar-refractivity contribution >= 4 is 38.9 Å². The average Bonchev–Trinajstić information content (AvgIpc) is 2.89. The predicted octanol–water partition coefficient (Wildman–Crippen LogP) is 5.71. The second-order valence-corrected chi connectivity index (χ2v) is 10.2. The third-order valence-electron chi connectivity index (χ3n) is 5.32. The summed E-state index contributed by atoms with van der Waals surface area (Å²) in [5.74, 6) is -0.503. The van der Waals surface area contributed by atoms with Gasteiger partial charge in [-0.2, -0.15) is 5.10 Å². The Balaban J connectivity index is 1.51. The van der Waals surface area contributed by atoms with E-state index in [1.54, 1.807) is 30.3 Å². The van der Waals surface area contributed by atoms with E-state index < -0.39 is 15.9 Å². The lowest BCUT2D eigenvalue weighted by Gasteiger charge is -2.10. The molecule has 1 amide bonds. The van der Waals surface area contributed by atoms with Gasteiger partial charge in [-0.3, -0.25) is 9.52 Å². The molecule has 4 aromatic rings. The molecule has 0 aliphatic rings. The monoisotopic (exact) mass is 517 g/mol. The van der Waals surface area contributed by atoms with Crippen LogP contribution in [-0.2, 0) is 22.9 Å². The Kier molecular flexibility index (Phi) is 8.15. The van der Waals surface area contributed by atoms with E-state index in [4.69, 9.17) is 11.6 Å². The lowest BCUT2D eigenvalue weighted by atomic mass is 10.0. The first-order valence-electron chi connectivity index (χ1n) is 11.2. The zero-order chi connectivity index (χ0) is 25.4. The highest BCUT2D eigenvalue weighted by atomic mass is 35.5. The number of halogens is 1. The van der Waals surface area contributed by atoms with Gasteiger partial charge < -0.3 is 0 Å². The summed E-state index contributed by atoms with van der Waals surface area (Å²) in [7, 11) is -3.90. The van der Waals surface area contributed by atoms with Crippen molar-refractivity contribution in [2.45, 2.75) is 17.7 Å². The largest absolute Gasteiger partial charge is 0.280 e. The zero-order valence-electron chi connectivity index (χ0n) is 19.3. The van der Waals surface area contributed by atoms with Crippen LogP contribution >= 0.6 is 11.6 Å². The molecule has 0 bridgehead atoms. The lowest BCUT2D eigenvalue weighted by molar-refractivity contribution is 0.0954. The SMILES string of the molecule is O=C(NN=C(Cc1ccccc1)Cc1ccccc1)c1cccc(S(=O)(=O)Nc2ccc(Cl)cc2)c1. The molecule has 0 aliphatic carbocycles. The van der Waals surface area contributed by atoms with Gasteiger partial charge in [-0.1, -0.05) is 78.3 Å². The van der Waals surface area contributed by atoms with Gasteiger partial charge in [-0.15, -0.1) is 0 Å². The van der Waals surface area contributed by atoms with Gasteiger partial charge in [0.15, 0.2) is 0 Å². The first-order chi connectivity index (χ1) is 17.4. The topological polar surface area (TPSA) is 87.6 Å². The van der Waals surface area contributed by atoms with Gasteiger partial charge in [0.05, 0.1) is 4.90 Å². The third kappa shape index (κ3) is 7.04. The van der Waals surface area contributed by atoms with Crippen LogP contribution in [0.1, 0.15) is 21.5 Å². The summed E-state index contributed by atoms with van der Waals surface area (Å²) >= 11 is 5.87. The number of nitrogens with zero attached hydrogens (tertiary/aromatic N) is 1. The third-order valence-corrected chi connectivity index (χ3v) is 6.95. The summed E-state index contributed by atoms with van der Waals surface area (Å²) in [5, 5.41) is 4.89. The minimum atomic E-state index is -3.90. The van der Waals surface area contributed by atoms with E-state index in [1.807, 2.05) is 60.7 Å². The first-order valence-corrected chi connectivity index (χ1v) is 13.1. The number of hydrogen-bond donors (Lipinski definition) is 2. The highest BCUT2D eigenvalue weighted by Gasteiger charge is 2.17. The van der Waals surface area contributed by atoms with E-state index in [-0.39, 0.29) is 10.5 Å². The fourth-order valence-electron chi connectivity index (χ4n) is 3.54. The van der Waals surface area contributed by atoms with E-state index >= 15 is 0 Å². The van der Waals surface area contributed by atoms with Crippen LogP contribution in [0.25, 0.3) is 0 Å². The number of hydrogen-bond acceptors (Lipinski definition) is 4. The van der Waals surface area contributed by atoms with Crippen molar-refractivity contribution in [2.75, 3.05) is 4.72 Å². The van der Waals surface area contributed by atoms with Crippen molar-refractivity contribution in [3.63, 3.8) is 0 Å². The fraction of sp³-hybridized carbons (Fsp3) is 0.0714. The summed E-state index contributed by atoms with van der Waals surface area (Å²) < 4.78 is 28.1. The summed E-state index contributed by atoms with van der Waals surface area (Å²) in [6.07, 6.45) is 1.13. The Morgan fingerprint density at radius 1 is 0.750 bits per heavy atom. The number of rotatable bonds is 9. The van der Waals surface area contributed by atoms with Gasteiger partial charge in [0.1, 0.15) is 0 Å².